The van der Waals surface area contributed by atoms with Crippen LogP contribution in [0.5, 0.6) is 0 Å². The molecule has 0 N–H and O–H groups in total. The van der Waals surface area contributed by atoms with Gasteiger partial charge in [0.15, 0.2) is 0 Å². The van der Waals surface area contributed by atoms with Crippen LogP contribution in [0.15, 0.2) is 35.7 Å². The Hall–Kier alpha value is -2.02. The van der Waals surface area contributed by atoms with Crippen LogP contribution in [0.4, 0.5) is 5.82 Å². The van der Waals surface area contributed by atoms with E-state index in [-0.39, 0.29) is 6.23 Å². The molecule has 0 amide bonds. The molecule has 3 aromatic rings. The van der Waals surface area contributed by atoms with Crippen molar-refractivity contribution < 1.29 is 4.74 Å². The number of thiophene rings is 1. The highest BCUT2D eigenvalue weighted by Gasteiger charge is 2.34. The van der Waals surface area contributed by atoms with Crippen molar-refractivity contribution in [1.29, 1.82) is 0 Å². The number of anilines is 1. The van der Waals surface area contributed by atoms with Crippen LogP contribution in [0.25, 0.3) is 21.3 Å². The normalized spacial score (nSPS) is 21.2. The van der Waals surface area contributed by atoms with E-state index in [2.05, 4.69) is 52.4 Å². The minimum absolute atomic E-state index is 0.285. The molecular formula is C27H34N4OS. The van der Waals surface area contributed by atoms with Crippen molar-refractivity contribution in [2.45, 2.75) is 57.6 Å². The van der Waals surface area contributed by atoms with Gasteiger partial charge in [0.2, 0.25) is 0 Å². The molecule has 1 saturated carbocycles. The van der Waals surface area contributed by atoms with E-state index in [0.717, 1.165) is 49.0 Å². The van der Waals surface area contributed by atoms with Gasteiger partial charge < -0.3 is 9.64 Å². The van der Waals surface area contributed by atoms with Crippen LogP contribution in [0, 0.1) is 5.92 Å². The molecule has 0 bridgehead atoms. The van der Waals surface area contributed by atoms with Crippen molar-refractivity contribution in [3.8, 4) is 11.1 Å². The van der Waals surface area contributed by atoms with Crippen LogP contribution in [-0.4, -0.2) is 53.9 Å². The Morgan fingerprint density at radius 1 is 1.00 bits per heavy atom. The lowest BCUT2D eigenvalue weighted by Gasteiger charge is -2.40. The molecule has 0 radical (unpaired) electrons. The van der Waals surface area contributed by atoms with Crippen LogP contribution < -0.4 is 4.90 Å². The third kappa shape index (κ3) is 4.29. The molecule has 174 valence electrons. The second-order valence-electron chi connectivity index (χ2n) is 9.79. The molecule has 3 fully saturated rings. The number of piperidine rings is 1. The van der Waals surface area contributed by atoms with E-state index >= 15 is 0 Å². The minimum atomic E-state index is 0.285. The summed E-state index contributed by atoms with van der Waals surface area (Å²) < 4.78 is 6.28. The Morgan fingerprint density at radius 2 is 1.76 bits per heavy atom. The highest BCUT2D eigenvalue weighted by atomic mass is 32.1. The summed E-state index contributed by atoms with van der Waals surface area (Å²) >= 11 is 1.77. The number of aromatic nitrogens is 2. The average molecular weight is 463 g/mol. The zero-order valence-electron chi connectivity index (χ0n) is 19.6. The molecule has 2 aromatic heterocycles. The van der Waals surface area contributed by atoms with E-state index < -0.39 is 0 Å². The maximum absolute atomic E-state index is 6.28. The van der Waals surface area contributed by atoms with Gasteiger partial charge in [-0.2, -0.15) is 0 Å². The van der Waals surface area contributed by atoms with E-state index in [1.807, 2.05) is 0 Å². The lowest BCUT2D eigenvalue weighted by Crippen LogP contribution is -2.46. The Labute approximate surface area is 200 Å². The predicted octanol–water partition coefficient (Wildman–Crippen LogP) is 5.91. The van der Waals surface area contributed by atoms with Crippen LogP contribution >= 0.6 is 11.3 Å². The van der Waals surface area contributed by atoms with E-state index in [1.165, 1.54) is 55.3 Å². The van der Waals surface area contributed by atoms with Crippen molar-refractivity contribution in [1.82, 2.24) is 14.9 Å². The molecule has 4 heterocycles. The SMILES string of the molecule is CCOC(C1CCN(c2nc(C3CC3)nc3scc(-c4ccccc4)c23)CC1)N1CCCC1. The maximum Gasteiger partial charge on any atom is 0.141 e. The molecule has 0 spiro atoms. The molecule has 33 heavy (non-hydrogen) atoms. The summed E-state index contributed by atoms with van der Waals surface area (Å²) in [4.78, 5) is 16.5. The molecule has 1 aromatic carbocycles. The summed E-state index contributed by atoms with van der Waals surface area (Å²) in [6, 6.07) is 10.7. The fourth-order valence-electron chi connectivity index (χ4n) is 5.63. The first kappa shape index (κ1) is 21.5. The molecule has 6 rings (SSSR count). The van der Waals surface area contributed by atoms with Gasteiger partial charge >= 0.3 is 0 Å². The molecule has 1 aliphatic carbocycles. The van der Waals surface area contributed by atoms with Crippen LogP contribution in [-0.2, 0) is 4.74 Å². The number of nitrogens with zero attached hydrogens (tertiary/aromatic N) is 4. The summed E-state index contributed by atoms with van der Waals surface area (Å²) in [6.45, 7) is 7.41. The standard InChI is InChI=1S/C27H34N4OS/c1-2-32-27(31-14-6-7-15-31)21-12-16-30(17-13-21)25-23-22(19-8-4-3-5-9-19)18-33-26(23)29-24(28-25)20-10-11-20/h3-5,8-9,18,20-21,27H,2,6-7,10-17H2,1H3. The lowest BCUT2D eigenvalue weighted by atomic mass is 9.93. The van der Waals surface area contributed by atoms with Gasteiger partial charge in [-0.1, -0.05) is 30.3 Å². The number of rotatable bonds is 7. The first-order valence-corrected chi connectivity index (χ1v) is 13.6. The molecule has 6 heteroatoms. The van der Waals surface area contributed by atoms with Crippen LogP contribution in [0.1, 0.15) is 57.2 Å². The van der Waals surface area contributed by atoms with Gasteiger partial charge in [-0.3, -0.25) is 4.90 Å². The van der Waals surface area contributed by atoms with Crippen molar-refractivity contribution >= 4 is 27.4 Å². The van der Waals surface area contributed by atoms with E-state index in [9.17, 15) is 0 Å². The highest BCUT2D eigenvalue weighted by Crippen LogP contribution is 2.44. The van der Waals surface area contributed by atoms with Crippen molar-refractivity contribution in [2.24, 2.45) is 5.92 Å². The summed E-state index contributed by atoms with van der Waals surface area (Å²) in [5.74, 6) is 3.39. The molecule has 3 aliphatic rings. The van der Waals surface area contributed by atoms with Crippen molar-refractivity contribution in [3.63, 3.8) is 0 Å². The number of likely N-dealkylation sites (tertiary alicyclic amines) is 1. The second-order valence-corrected chi connectivity index (χ2v) is 10.6. The average Bonchev–Trinajstić information content (AvgIpc) is 3.40. The van der Waals surface area contributed by atoms with Crippen LogP contribution in [0.3, 0.4) is 0 Å². The number of hydrogen-bond acceptors (Lipinski definition) is 6. The Morgan fingerprint density at radius 3 is 2.45 bits per heavy atom. The molecule has 2 saturated heterocycles. The number of ether oxygens (including phenoxy) is 1. The van der Waals surface area contributed by atoms with Crippen molar-refractivity contribution in [3.05, 3.63) is 41.5 Å². The van der Waals surface area contributed by atoms with Gasteiger partial charge in [0.05, 0.1) is 5.39 Å². The molecule has 5 nitrogen and oxygen atoms in total. The van der Waals surface area contributed by atoms with E-state index in [4.69, 9.17) is 14.7 Å². The van der Waals surface area contributed by atoms with Gasteiger partial charge in [0.1, 0.15) is 22.7 Å². The fraction of sp³-hybridized carbons (Fsp3) is 0.556. The monoisotopic (exact) mass is 462 g/mol. The minimum Gasteiger partial charge on any atom is -0.363 e. The number of fused-ring (bicyclic) bond motifs is 1. The lowest BCUT2D eigenvalue weighted by molar-refractivity contribution is -0.0858. The number of hydrogen-bond donors (Lipinski definition) is 0. The third-order valence-electron chi connectivity index (χ3n) is 7.54. The molecule has 2 aliphatic heterocycles. The summed E-state index contributed by atoms with van der Waals surface area (Å²) in [7, 11) is 0. The predicted molar refractivity (Wildman–Crippen MR) is 136 cm³/mol. The third-order valence-corrected chi connectivity index (χ3v) is 8.41. The second kappa shape index (κ2) is 9.32. The zero-order valence-corrected chi connectivity index (χ0v) is 20.4. The Balaban J connectivity index is 1.30. The quantitative estimate of drug-likeness (QED) is 0.437. The first-order valence-electron chi connectivity index (χ1n) is 12.8. The van der Waals surface area contributed by atoms with Gasteiger partial charge in [-0.15, -0.1) is 11.3 Å². The molecule has 1 unspecified atom stereocenters. The summed E-state index contributed by atoms with van der Waals surface area (Å²) in [5, 5.41) is 3.52. The van der Waals surface area contributed by atoms with Crippen molar-refractivity contribution in [2.75, 3.05) is 37.7 Å². The smallest absolute Gasteiger partial charge is 0.141 e. The number of benzene rings is 1. The van der Waals surface area contributed by atoms with E-state index in [0.29, 0.717) is 11.8 Å². The molecular weight excluding hydrogens is 428 g/mol. The van der Waals surface area contributed by atoms with Gasteiger partial charge in [0.25, 0.3) is 0 Å². The molecule has 1 atom stereocenters. The van der Waals surface area contributed by atoms with Gasteiger partial charge in [-0.25, -0.2) is 9.97 Å². The van der Waals surface area contributed by atoms with Gasteiger partial charge in [0, 0.05) is 55.6 Å². The Bertz CT molecular complexity index is 1080. The largest absolute Gasteiger partial charge is 0.363 e. The topological polar surface area (TPSA) is 41.5 Å². The zero-order chi connectivity index (χ0) is 22.2. The summed E-state index contributed by atoms with van der Waals surface area (Å²) in [5.41, 5.74) is 2.53. The van der Waals surface area contributed by atoms with E-state index in [1.54, 1.807) is 11.3 Å². The fourth-order valence-corrected chi connectivity index (χ4v) is 6.57. The highest BCUT2D eigenvalue weighted by molar-refractivity contribution is 7.17. The maximum atomic E-state index is 6.28. The van der Waals surface area contributed by atoms with Crippen LogP contribution in [0.2, 0.25) is 0 Å². The summed E-state index contributed by atoms with van der Waals surface area (Å²) in [6.07, 6.45) is 7.70. The first-order chi connectivity index (χ1) is 16.3. The van der Waals surface area contributed by atoms with Gasteiger partial charge in [-0.05, 0) is 51.0 Å². The Kier molecular flexibility index (Phi) is 6.07.